The first-order valence-corrected chi connectivity index (χ1v) is 10.2. The summed E-state index contributed by atoms with van der Waals surface area (Å²) in [4.78, 5) is 31.5. The number of carbonyl (C=O) groups excluding carboxylic acids is 2. The molecular weight excluding hydrogens is 364 g/mol. The van der Waals surface area contributed by atoms with Crippen LogP contribution in [0.1, 0.15) is 24.8 Å². The molecule has 1 aliphatic heterocycles. The molecule has 3 rings (SSSR count). The summed E-state index contributed by atoms with van der Waals surface area (Å²) in [6, 6.07) is 8.21. The van der Waals surface area contributed by atoms with Gasteiger partial charge in [0.1, 0.15) is 11.6 Å². The summed E-state index contributed by atoms with van der Waals surface area (Å²) in [6.07, 6.45) is 1.27. The number of amides is 2. The van der Waals surface area contributed by atoms with Crippen molar-refractivity contribution in [1.29, 1.82) is 0 Å². The Morgan fingerprint density at radius 3 is 2.78 bits per heavy atom. The molecule has 0 saturated carbocycles. The molecule has 2 N–H and O–H groups in total. The van der Waals surface area contributed by atoms with Crippen LogP contribution in [0.25, 0.3) is 10.2 Å². The van der Waals surface area contributed by atoms with Crippen LogP contribution in [0.2, 0.25) is 0 Å². The van der Waals surface area contributed by atoms with Crippen LogP contribution >= 0.6 is 11.3 Å². The van der Waals surface area contributed by atoms with E-state index in [9.17, 15) is 9.59 Å². The number of hydrogen-bond donors (Lipinski definition) is 2. The van der Waals surface area contributed by atoms with E-state index in [1.807, 2.05) is 25.2 Å². The summed E-state index contributed by atoms with van der Waals surface area (Å²) in [5, 5.41) is 4.14. The molecule has 2 aromatic rings. The maximum absolute atomic E-state index is 12.3. The maximum Gasteiger partial charge on any atom is 0.409 e. The molecular formula is C19H27N4O3S+. The van der Waals surface area contributed by atoms with Gasteiger partial charge in [-0.2, -0.15) is 0 Å². The summed E-state index contributed by atoms with van der Waals surface area (Å²) in [5.74, 6) is 0.0446. The monoisotopic (exact) mass is 391 g/mol. The van der Waals surface area contributed by atoms with Gasteiger partial charge in [-0.05, 0) is 31.9 Å². The van der Waals surface area contributed by atoms with Gasteiger partial charge in [-0.1, -0.05) is 12.1 Å². The minimum absolute atomic E-state index is 0.0446. The standard InChI is InChI=1S/C19H26N4O3S/c1-3-26-19(25)23-10-8-14(9-11-23)20-17(24)12-22(2)13-18-21-15-6-4-5-7-16(15)27-18/h4-7,14H,3,8-13H2,1-2H3,(H,20,24)/p+1. The Kier molecular flexibility index (Phi) is 6.63. The number of rotatable bonds is 6. The van der Waals surface area contributed by atoms with E-state index in [2.05, 4.69) is 16.4 Å². The summed E-state index contributed by atoms with van der Waals surface area (Å²) >= 11 is 1.68. The van der Waals surface area contributed by atoms with E-state index < -0.39 is 0 Å². The molecule has 2 amide bonds. The second kappa shape index (κ2) is 9.14. The Balaban J connectivity index is 1.42. The molecule has 1 saturated heterocycles. The van der Waals surface area contributed by atoms with Crippen molar-refractivity contribution in [2.24, 2.45) is 0 Å². The average Bonchev–Trinajstić information content (AvgIpc) is 3.04. The first-order chi connectivity index (χ1) is 13.0. The van der Waals surface area contributed by atoms with E-state index in [1.165, 1.54) is 4.70 Å². The minimum Gasteiger partial charge on any atom is -0.450 e. The van der Waals surface area contributed by atoms with Crippen molar-refractivity contribution in [3.63, 3.8) is 0 Å². The van der Waals surface area contributed by atoms with E-state index in [1.54, 1.807) is 23.2 Å². The second-order valence-electron chi connectivity index (χ2n) is 6.91. The van der Waals surface area contributed by atoms with Crippen molar-refractivity contribution in [1.82, 2.24) is 15.2 Å². The highest BCUT2D eigenvalue weighted by Crippen LogP contribution is 2.20. The van der Waals surface area contributed by atoms with Crippen LogP contribution in [0.3, 0.4) is 0 Å². The molecule has 0 bridgehead atoms. The molecule has 0 radical (unpaired) electrons. The van der Waals surface area contributed by atoms with E-state index >= 15 is 0 Å². The number of thiazole rings is 1. The molecule has 1 fully saturated rings. The number of nitrogens with zero attached hydrogens (tertiary/aromatic N) is 2. The summed E-state index contributed by atoms with van der Waals surface area (Å²) in [5.41, 5.74) is 1.02. The van der Waals surface area contributed by atoms with Gasteiger partial charge in [0.05, 0.1) is 23.9 Å². The number of likely N-dealkylation sites (tertiary alicyclic amines) is 1. The van der Waals surface area contributed by atoms with Gasteiger partial charge in [0, 0.05) is 19.1 Å². The van der Waals surface area contributed by atoms with Crippen molar-refractivity contribution in [3.8, 4) is 0 Å². The van der Waals surface area contributed by atoms with E-state index in [0.717, 1.165) is 34.8 Å². The number of fused-ring (bicyclic) bond motifs is 1. The number of likely N-dealkylation sites (N-methyl/N-ethyl adjacent to an activating group) is 1. The molecule has 27 heavy (non-hydrogen) atoms. The molecule has 0 aliphatic carbocycles. The quantitative estimate of drug-likeness (QED) is 0.772. The van der Waals surface area contributed by atoms with Gasteiger partial charge in [-0.3, -0.25) is 4.79 Å². The zero-order chi connectivity index (χ0) is 19.2. The fraction of sp³-hybridized carbons (Fsp3) is 0.526. The smallest absolute Gasteiger partial charge is 0.409 e. The van der Waals surface area contributed by atoms with Crippen LogP contribution in [0.5, 0.6) is 0 Å². The van der Waals surface area contributed by atoms with Crippen molar-refractivity contribution in [2.75, 3.05) is 33.3 Å². The molecule has 8 heteroatoms. The predicted molar refractivity (Wildman–Crippen MR) is 105 cm³/mol. The Hall–Kier alpha value is -2.19. The van der Waals surface area contributed by atoms with Gasteiger partial charge in [-0.15, -0.1) is 11.3 Å². The SMILES string of the molecule is CCOC(=O)N1CCC(NC(=O)C[NH+](C)Cc2nc3ccccc3s2)CC1. The van der Waals surface area contributed by atoms with Crippen LogP contribution in [0.15, 0.2) is 24.3 Å². The third-order valence-corrected chi connectivity index (χ3v) is 5.68. The van der Waals surface area contributed by atoms with E-state index in [-0.39, 0.29) is 18.0 Å². The van der Waals surface area contributed by atoms with Crippen molar-refractivity contribution < 1.29 is 19.2 Å². The fourth-order valence-electron chi connectivity index (χ4n) is 3.29. The minimum atomic E-state index is -0.262. The van der Waals surface area contributed by atoms with Gasteiger partial charge in [0.25, 0.3) is 5.91 Å². The summed E-state index contributed by atoms with van der Waals surface area (Å²) in [7, 11) is 2.01. The van der Waals surface area contributed by atoms with Crippen molar-refractivity contribution in [2.45, 2.75) is 32.4 Å². The Labute approximate surface area is 163 Å². The first kappa shape index (κ1) is 19.6. The van der Waals surface area contributed by atoms with Gasteiger partial charge in [0.15, 0.2) is 6.54 Å². The molecule has 1 aromatic carbocycles. The number of aromatic nitrogens is 1. The van der Waals surface area contributed by atoms with Crippen molar-refractivity contribution >= 4 is 33.6 Å². The lowest BCUT2D eigenvalue weighted by Crippen LogP contribution is -3.09. The second-order valence-corrected chi connectivity index (χ2v) is 8.03. The van der Waals surface area contributed by atoms with E-state index in [4.69, 9.17) is 4.74 Å². The zero-order valence-electron chi connectivity index (χ0n) is 15.9. The highest BCUT2D eigenvalue weighted by molar-refractivity contribution is 7.18. The van der Waals surface area contributed by atoms with Gasteiger partial charge in [0.2, 0.25) is 0 Å². The average molecular weight is 392 g/mol. The molecule has 0 spiro atoms. The molecule has 1 unspecified atom stereocenters. The number of piperidine rings is 1. The lowest BCUT2D eigenvalue weighted by atomic mass is 10.1. The Morgan fingerprint density at radius 1 is 1.33 bits per heavy atom. The first-order valence-electron chi connectivity index (χ1n) is 9.42. The molecule has 1 aromatic heterocycles. The highest BCUT2D eigenvalue weighted by atomic mass is 32.1. The Bertz CT molecular complexity index is 753. The maximum atomic E-state index is 12.3. The Morgan fingerprint density at radius 2 is 2.07 bits per heavy atom. The number of benzene rings is 1. The number of nitrogens with one attached hydrogen (secondary N) is 2. The third kappa shape index (κ3) is 5.40. The molecule has 7 nitrogen and oxygen atoms in total. The van der Waals surface area contributed by atoms with Gasteiger partial charge in [-0.25, -0.2) is 9.78 Å². The lowest BCUT2D eigenvalue weighted by Gasteiger charge is -2.31. The molecule has 2 heterocycles. The summed E-state index contributed by atoms with van der Waals surface area (Å²) in [6.45, 7) is 4.58. The highest BCUT2D eigenvalue weighted by Gasteiger charge is 2.25. The number of carbonyl (C=O) groups is 2. The lowest BCUT2D eigenvalue weighted by molar-refractivity contribution is -0.885. The largest absolute Gasteiger partial charge is 0.450 e. The molecule has 146 valence electrons. The van der Waals surface area contributed by atoms with Crippen molar-refractivity contribution in [3.05, 3.63) is 29.3 Å². The number of quaternary nitrogens is 1. The van der Waals surface area contributed by atoms with Crippen LogP contribution in [-0.4, -0.2) is 61.2 Å². The zero-order valence-corrected chi connectivity index (χ0v) is 16.7. The fourth-order valence-corrected chi connectivity index (χ4v) is 4.37. The third-order valence-electron chi connectivity index (χ3n) is 4.64. The van der Waals surface area contributed by atoms with Crippen LogP contribution in [0, 0.1) is 0 Å². The summed E-state index contributed by atoms with van der Waals surface area (Å²) < 4.78 is 6.20. The van der Waals surface area contributed by atoms with Crippen LogP contribution in [-0.2, 0) is 16.1 Å². The van der Waals surface area contributed by atoms with E-state index in [0.29, 0.717) is 26.2 Å². The molecule has 1 atom stereocenters. The number of hydrogen-bond acceptors (Lipinski definition) is 5. The van der Waals surface area contributed by atoms with Gasteiger partial charge >= 0.3 is 6.09 Å². The topological polar surface area (TPSA) is 76.0 Å². The molecule has 1 aliphatic rings. The normalized spacial score (nSPS) is 16.3. The predicted octanol–water partition coefficient (Wildman–Crippen LogP) is 1.05. The van der Waals surface area contributed by atoms with Crippen LogP contribution in [0.4, 0.5) is 4.79 Å². The van der Waals surface area contributed by atoms with Crippen LogP contribution < -0.4 is 10.2 Å². The number of ether oxygens (including phenoxy) is 1. The van der Waals surface area contributed by atoms with Gasteiger partial charge < -0.3 is 19.9 Å². The number of para-hydroxylation sites is 1.